The molecule has 2 aromatic rings. The van der Waals surface area contributed by atoms with Crippen molar-refractivity contribution >= 4 is 33.7 Å². The molecule has 32 heavy (non-hydrogen) atoms. The Bertz CT molecular complexity index is 1100. The number of hydrogen-bond donors (Lipinski definition) is 2. The van der Waals surface area contributed by atoms with E-state index in [1.165, 1.54) is 11.4 Å². The smallest absolute Gasteiger partial charge is 0.321 e. The van der Waals surface area contributed by atoms with Crippen molar-refractivity contribution in [2.45, 2.75) is 16.6 Å². The number of carbonyl (C=O) groups is 2. The van der Waals surface area contributed by atoms with Crippen molar-refractivity contribution in [2.75, 3.05) is 39.1 Å². The Hall–Kier alpha value is -2.74. The van der Waals surface area contributed by atoms with Crippen LogP contribution in [0.2, 0.25) is 0 Å². The van der Waals surface area contributed by atoms with Gasteiger partial charge in [-0.25, -0.2) is 13.2 Å². The van der Waals surface area contributed by atoms with E-state index in [1.54, 1.807) is 34.9 Å². The molecule has 0 saturated carbocycles. The molecule has 3 rings (SSSR count). The van der Waals surface area contributed by atoms with Gasteiger partial charge in [-0.05, 0) is 12.1 Å². The molecule has 0 bridgehead atoms. The van der Waals surface area contributed by atoms with Crippen molar-refractivity contribution in [2.24, 2.45) is 0 Å². The first-order valence-electron chi connectivity index (χ1n) is 9.73. The molecule has 11 nitrogen and oxygen atoms in total. The average Bonchev–Trinajstić information content (AvgIpc) is 3.21. The fraction of sp³-hybridized carbons (Fsp3) is 0.368. The van der Waals surface area contributed by atoms with Crippen LogP contribution in [-0.4, -0.2) is 78.5 Å². The van der Waals surface area contributed by atoms with E-state index in [4.69, 9.17) is 4.74 Å². The summed E-state index contributed by atoms with van der Waals surface area (Å²) >= 11 is 1.10. The highest BCUT2D eigenvalue weighted by Gasteiger charge is 2.27. The monoisotopic (exact) mass is 480 g/mol. The summed E-state index contributed by atoms with van der Waals surface area (Å²) in [5, 5.41) is 13.3. The summed E-state index contributed by atoms with van der Waals surface area (Å²) in [6, 6.07) is 5.90. The summed E-state index contributed by atoms with van der Waals surface area (Å²) in [4.78, 5) is 23.3. The van der Waals surface area contributed by atoms with Gasteiger partial charge in [0.05, 0.1) is 23.9 Å². The van der Waals surface area contributed by atoms with Gasteiger partial charge in [-0.1, -0.05) is 30.0 Å². The maximum absolute atomic E-state index is 13.0. The van der Waals surface area contributed by atoms with Crippen LogP contribution in [-0.2, 0) is 26.1 Å². The van der Waals surface area contributed by atoms with E-state index in [0.717, 1.165) is 11.8 Å². The van der Waals surface area contributed by atoms with Gasteiger partial charge in [0.25, 0.3) is 0 Å². The Morgan fingerprint density at radius 3 is 2.72 bits per heavy atom. The van der Waals surface area contributed by atoms with Crippen LogP contribution in [0, 0.1) is 0 Å². The van der Waals surface area contributed by atoms with E-state index >= 15 is 0 Å². The number of amides is 3. The number of carbonyl (C=O) groups excluding carboxylic acids is 2. The van der Waals surface area contributed by atoms with Gasteiger partial charge in [-0.2, -0.15) is 4.31 Å². The number of ether oxygens (including phenoxy) is 1. The molecule has 1 aliphatic heterocycles. The van der Waals surface area contributed by atoms with Gasteiger partial charge >= 0.3 is 6.03 Å². The molecule has 1 aromatic carbocycles. The van der Waals surface area contributed by atoms with Crippen LogP contribution in [0.3, 0.4) is 0 Å². The number of thioether (sulfide) groups is 1. The van der Waals surface area contributed by atoms with Crippen molar-refractivity contribution < 1.29 is 22.7 Å². The predicted molar refractivity (Wildman–Crippen MR) is 119 cm³/mol. The lowest BCUT2D eigenvalue weighted by Crippen LogP contribution is -2.40. The highest BCUT2D eigenvalue weighted by Crippen LogP contribution is 2.27. The number of rotatable bonds is 8. The molecule has 1 aliphatic rings. The quantitative estimate of drug-likeness (QED) is 0.416. The van der Waals surface area contributed by atoms with Crippen LogP contribution in [0.5, 0.6) is 0 Å². The third-order valence-corrected chi connectivity index (χ3v) is 7.40. The lowest BCUT2D eigenvalue weighted by atomic mass is 10.2. The van der Waals surface area contributed by atoms with Crippen LogP contribution in [0.4, 0.5) is 4.79 Å². The maximum atomic E-state index is 13.0. The van der Waals surface area contributed by atoms with E-state index in [0.29, 0.717) is 49.4 Å². The number of nitrogens with one attached hydrogen (secondary N) is 2. The number of allylic oxidation sites excluding steroid dienone is 1. The minimum atomic E-state index is -3.67. The topological polar surface area (TPSA) is 136 Å². The molecule has 1 saturated heterocycles. The molecular weight excluding hydrogens is 456 g/mol. The van der Waals surface area contributed by atoms with Crippen LogP contribution in [0.25, 0.3) is 11.4 Å². The van der Waals surface area contributed by atoms with Crippen LogP contribution < -0.4 is 10.6 Å². The summed E-state index contributed by atoms with van der Waals surface area (Å²) in [5.41, 5.74) is 0.565. The largest absolute Gasteiger partial charge is 0.379 e. The molecule has 0 radical (unpaired) electrons. The molecule has 0 spiro atoms. The number of nitrogens with zero attached hydrogens (tertiary/aromatic N) is 4. The van der Waals surface area contributed by atoms with E-state index in [-0.39, 0.29) is 10.6 Å². The van der Waals surface area contributed by atoms with Crippen molar-refractivity contribution in [3.8, 4) is 11.4 Å². The molecule has 172 valence electrons. The van der Waals surface area contributed by atoms with Crippen LogP contribution in [0.15, 0.2) is 47.0 Å². The summed E-state index contributed by atoms with van der Waals surface area (Å²) in [5.74, 6) is -0.0884. The lowest BCUT2D eigenvalue weighted by Gasteiger charge is -2.26. The number of sulfonamides is 1. The molecule has 1 aromatic heterocycles. The Balaban J connectivity index is 1.85. The fourth-order valence-electron chi connectivity index (χ4n) is 2.99. The van der Waals surface area contributed by atoms with Crippen molar-refractivity contribution in [3.05, 3.63) is 36.9 Å². The third-order valence-electron chi connectivity index (χ3n) is 4.54. The van der Waals surface area contributed by atoms with Gasteiger partial charge < -0.3 is 10.1 Å². The Kier molecular flexibility index (Phi) is 8.01. The highest BCUT2D eigenvalue weighted by molar-refractivity contribution is 7.99. The molecular formula is C19H24N6O5S2. The Labute approximate surface area is 190 Å². The molecule has 1 fully saturated rings. The Morgan fingerprint density at radius 2 is 2.03 bits per heavy atom. The summed E-state index contributed by atoms with van der Waals surface area (Å²) in [6.07, 6.45) is 1.65. The number of morpholine rings is 1. The van der Waals surface area contributed by atoms with E-state index in [1.807, 2.05) is 0 Å². The van der Waals surface area contributed by atoms with Gasteiger partial charge in [0.2, 0.25) is 15.9 Å². The zero-order chi connectivity index (χ0) is 23.1. The van der Waals surface area contributed by atoms with Gasteiger partial charge in [-0.3, -0.25) is 14.7 Å². The fourth-order valence-corrected chi connectivity index (χ4v) is 5.19. The first kappa shape index (κ1) is 23.9. The minimum absolute atomic E-state index is 0.0475. The van der Waals surface area contributed by atoms with Crippen molar-refractivity contribution in [1.82, 2.24) is 29.7 Å². The van der Waals surface area contributed by atoms with E-state index in [2.05, 4.69) is 27.4 Å². The van der Waals surface area contributed by atoms with Crippen LogP contribution >= 0.6 is 11.8 Å². The number of urea groups is 1. The number of benzene rings is 1. The average molecular weight is 481 g/mol. The van der Waals surface area contributed by atoms with Crippen molar-refractivity contribution in [1.29, 1.82) is 0 Å². The number of imide groups is 1. The van der Waals surface area contributed by atoms with Gasteiger partial charge in [-0.15, -0.1) is 16.8 Å². The second-order valence-corrected chi connectivity index (χ2v) is 9.55. The van der Waals surface area contributed by atoms with Gasteiger partial charge in [0.15, 0.2) is 11.0 Å². The summed E-state index contributed by atoms with van der Waals surface area (Å²) in [6.45, 7) is 5.42. The molecule has 3 amide bonds. The molecule has 0 atom stereocenters. The maximum Gasteiger partial charge on any atom is 0.321 e. The number of aromatic nitrogens is 3. The molecule has 2 N–H and O–H groups in total. The molecule has 2 heterocycles. The minimum Gasteiger partial charge on any atom is -0.379 e. The molecule has 0 unspecified atom stereocenters. The first-order chi connectivity index (χ1) is 15.4. The van der Waals surface area contributed by atoms with E-state index < -0.39 is 22.0 Å². The van der Waals surface area contributed by atoms with Gasteiger partial charge in [0.1, 0.15) is 0 Å². The van der Waals surface area contributed by atoms with Crippen LogP contribution in [0.1, 0.15) is 0 Å². The zero-order valence-electron chi connectivity index (χ0n) is 17.5. The molecule has 0 aliphatic carbocycles. The lowest BCUT2D eigenvalue weighted by molar-refractivity contribution is -0.117. The standard InChI is InChI=1S/C19H24N6O5S2/c1-3-7-25-17(22-23-19(25)31-13-16(26)21-18(27)20-2)14-5-4-6-15(12-14)32(28,29)24-8-10-30-11-9-24/h3-6,12H,1,7-11,13H2,2H3,(H2,20,21,26,27). The highest BCUT2D eigenvalue weighted by atomic mass is 32.2. The predicted octanol–water partition coefficient (Wildman–Crippen LogP) is 0.700. The van der Waals surface area contributed by atoms with Crippen molar-refractivity contribution in [3.63, 3.8) is 0 Å². The normalized spacial score (nSPS) is 14.7. The number of hydrogen-bond acceptors (Lipinski definition) is 8. The Morgan fingerprint density at radius 1 is 1.28 bits per heavy atom. The first-order valence-corrected chi connectivity index (χ1v) is 12.2. The van der Waals surface area contributed by atoms with Gasteiger partial charge in [0, 0.05) is 32.2 Å². The SMILES string of the molecule is C=CCn1c(SCC(=O)NC(=O)NC)nnc1-c1cccc(S(=O)(=O)N2CCOCC2)c1. The second-order valence-electron chi connectivity index (χ2n) is 6.67. The summed E-state index contributed by atoms with van der Waals surface area (Å²) < 4.78 is 34.4. The van der Waals surface area contributed by atoms with E-state index in [9.17, 15) is 18.0 Å². The summed E-state index contributed by atoms with van der Waals surface area (Å²) in [7, 11) is -2.25. The second kappa shape index (κ2) is 10.7. The molecule has 13 heteroatoms. The zero-order valence-corrected chi connectivity index (χ0v) is 19.1. The third kappa shape index (κ3) is 5.54.